The summed E-state index contributed by atoms with van der Waals surface area (Å²) in [6.07, 6.45) is 5.28. The summed E-state index contributed by atoms with van der Waals surface area (Å²) in [7, 11) is 0. The molecule has 1 saturated carbocycles. The smallest absolute Gasteiger partial charge is 0.135 e. The van der Waals surface area contributed by atoms with E-state index in [0.717, 1.165) is 82.1 Å². The first-order chi connectivity index (χ1) is 22.6. The van der Waals surface area contributed by atoms with Crippen molar-refractivity contribution in [1.29, 1.82) is 0 Å². The Kier molecular flexibility index (Phi) is 8.18. The minimum Gasteiger partial charge on any atom is -0.457 e. The summed E-state index contributed by atoms with van der Waals surface area (Å²) < 4.78 is 13.3. The van der Waals surface area contributed by atoms with E-state index in [0.29, 0.717) is 11.4 Å². The van der Waals surface area contributed by atoms with Gasteiger partial charge in [0, 0.05) is 27.9 Å². The first kappa shape index (κ1) is 29.2. The van der Waals surface area contributed by atoms with Gasteiger partial charge in [-0.15, -0.1) is 0 Å². The molecule has 0 amide bonds. The van der Waals surface area contributed by atoms with Gasteiger partial charge >= 0.3 is 0 Å². The quantitative estimate of drug-likeness (QED) is 0.171. The minimum absolute atomic E-state index is 0.393. The summed E-state index contributed by atoms with van der Waals surface area (Å²) in [6.45, 7) is 0. The molecule has 0 bridgehead atoms. The number of nitrogens with two attached hydrogens (primary N) is 2. The van der Waals surface area contributed by atoms with Crippen LogP contribution in [0.15, 0.2) is 133 Å². The standard InChI is InChI=1S/C42H36N2O2/c43-32-20-24-34(25-21-32)45-38-18-10-16-36(40(38)30-12-4-1-5-13-30)42(28-8-3-9-29-42)37-17-11-19-39(41(37)31-14-6-2-7-15-31)46-35-26-22-33(44)23-27-35/h1-2,4-7,10-15,18-27H,3,8-9,28-29,43-44H2. The van der Waals surface area contributed by atoms with Crippen molar-refractivity contribution in [3.63, 3.8) is 0 Å². The van der Waals surface area contributed by atoms with E-state index in [1.165, 1.54) is 6.42 Å². The highest BCUT2D eigenvalue weighted by Gasteiger charge is 2.41. The van der Waals surface area contributed by atoms with Crippen LogP contribution >= 0.6 is 0 Å². The van der Waals surface area contributed by atoms with Crippen LogP contribution in [-0.4, -0.2) is 0 Å². The molecule has 0 heterocycles. The van der Waals surface area contributed by atoms with E-state index in [9.17, 15) is 0 Å². The van der Waals surface area contributed by atoms with Gasteiger partial charge in [0.1, 0.15) is 23.0 Å². The molecule has 0 spiro atoms. The van der Waals surface area contributed by atoms with Gasteiger partial charge in [-0.25, -0.2) is 0 Å². The molecule has 46 heavy (non-hydrogen) atoms. The predicted molar refractivity (Wildman–Crippen MR) is 187 cm³/mol. The fourth-order valence-corrected chi connectivity index (χ4v) is 6.77. The molecule has 1 aliphatic rings. The Labute approximate surface area is 271 Å². The van der Waals surface area contributed by atoms with Crippen LogP contribution in [0.2, 0.25) is 0 Å². The van der Waals surface area contributed by atoms with Crippen molar-refractivity contribution in [2.75, 3.05) is 11.5 Å². The van der Waals surface area contributed by atoms with Gasteiger partial charge in [0.25, 0.3) is 0 Å². The van der Waals surface area contributed by atoms with Gasteiger partial charge < -0.3 is 20.9 Å². The van der Waals surface area contributed by atoms with Crippen molar-refractivity contribution in [2.24, 2.45) is 0 Å². The monoisotopic (exact) mass is 600 g/mol. The van der Waals surface area contributed by atoms with E-state index >= 15 is 0 Å². The lowest BCUT2D eigenvalue weighted by Gasteiger charge is -2.41. The predicted octanol–water partition coefficient (Wildman–Crippen LogP) is 10.6. The summed E-state index contributed by atoms with van der Waals surface area (Å²) >= 11 is 0. The van der Waals surface area contributed by atoms with Crippen LogP contribution < -0.4 is 20.9 Å². The van der Waals surface area contributed by atoms with Crippen LogP contribution in [0.5, 0.6) is 23.0 Å². The minimum atomic E-state index is -0.393. The molecule has 0 aliphatic heterocycles. The lowest BCUT2D eigenvalue weighted by Crippen LogP contribution is -2.32. The van der Waals surface area contributed by atoms with Gasteiger partial charge in [-0.05, 0) is 108 Å². The molecule has 0 unspecified atom stereocenters. The highest BCUT2D eigenvalue weighted by molar-refractivity contribution is 5.81. The molecule has 7 rings (SSSR count). The maximum atomic E-state index is 6.64. The van der Waals surface area contributed by atoms with E-state index in [4.69, 9.17) is 20.9 Å². The number of benzene rings is 6. The van der Waals surface area contributed by atoms with Crippen LogP contribution in [-0.2, 0) is 5.41 Å². The molecule has 4 nitrogen and oxygen atoms in total. The van der Waals surface area contributed by atoms with E-state index in [2.05, 4.69) is 60.7 Å². The molecular weight excluding hydrogens is 564 g/mol. The molecule has 1 fully saturated rings. The van der Waals surface area contributed by atoms with E-state index < -0.39 is 5.41 Å². The molecule has 6 aromatic rings. The van der Waals surface area contributed by atoms with Crippen molar-refractivity contribution < 1.29 is 9.47 Å². The number of hydrogen-bond donors (Lipinski definition) is 2. The van der Waals surface area contributed by atoms with Gasteiger partial charge in [-0.3, -0.25) is 0 Å². The van der Waals surface area contributed by atoms with E-state index in [1.54, 1.807) is 0 Å². The molecule has 0 saturated heterocycles. The van der Waals surface area contributed by atoms with Gasteiger partial charge in [0.15, 0.2) is 0 Å². The number of rotatable bonds is 8. The lowest BCUT2D eigenvalue weighted by atomic mass is 9.62. The van der Waals surface area contributed by atoms with E-state index in [1.807, 2.05) is 84.9 Å². The molecule has 6 aromatic carbocycles. The zero-order chi connectivity index (χ0) is 31.3. The van der Waals surface area contributed by atoms with Crippen LogP contribution in [0.3, 0.4) is 0 Å². The van der Waals surface area contributed by atoms with E-state index in [-0.39, 0.29) is 0 Å². The summed E-state index contributed by atoms with van der Waals surface area (Å²) in [5.41, 5.74) is 19.5. The van der Waals surface area contributed by atoms with Crippen LogP contribution in [0.25, 0.3) is 22.3 Å². The third-order valence-electron chi connectivity index (χ3n) is 8.92. The molecule has 4 N–H and O–H groups in total. The van der Waals surface area contributed by atoms with Crippen molar-refractivity contribution >= 4 is 11.4 Å². The SMILES string of the molecule is Nc1ccc(Oc2cc[c]c(C3(c4[c]ccc(Oc5ccc(N)cc5)c4-c4ccccc4)CCCCC3)c2-c2ccccc2)cc1. The Bertz CT molecular complexity index is 1780. The van der Waals surface area contributed by atoms with Crippen LogP contribution in [0.4, 0.5) is 11.4 Å². The summed E-state index contributed by atoms with van der Waals surface area (Å²) in [4.78, 5) is 0. The fourth-order valence-electron chi connectivity index (χ4n) is 6.77. The zero-order valence-corrected chi connectivity index (χ0v) is 25.7. The molecular formula is C42H36N2O2. The normalized spacial score (nSPS) is 14.0. The first-order valence-electron chi connectivity index (χ1n) is 15.9. The molecule has 0 atom stereocenters. The average Bonchev–Trinajstić information content (AvgIpc) is 3.11. The van der Waals surface area contributed by atoms with Crippen molar-refractivity contribution in [2.45, 2.75) is 37.5 Å². The summed E-state index contributed by atoms with van der Waals surface area (Å²) in [5, 5.41) is 0. The average molecular weight is 601 g/mol. The highest BCUT2D eigenvalue weighted by Crippen LogP contribution is 2.54. The topological polar surface area (TPSA) is 70.5 Å². The fraction of sp³-hybridized carbons (Fsp3) is 0.143. The third kappa shape index (κ3) is 5.82. The van der Waals surface area contributed by atoms with Gasteiger partial charge in [-0.1, -0.05) is 92.1 Å². The van der Waals surface area contributed by atoms with Crippen LogP contribution in [0.1, 0.15) is 43.2 Å². The van der Waals surface area contributed by atoms with Gasteiger partial charge in [0.2, 0.25) is 0 Å². The Morgan fingerprint density at radius 2 is 0.891 bits per heavy atom. The second-order valence-electron chi connectivity index (χ2n) is 11.9. The summed E-state index contributed by atoms with van der Waals surface area (Å²) in [6, 6.07) is 51.7. The largest absolute Gasteiger partial charge is 0.457 e. The van der Waals surface area contributed by atoms with Crippen molar-refractivity contribution in [1.82, 2.24) is 0 Å². The maximum Gasteiger partial charge on any atom is 0.135 e. The molecule has 0 aromatic heterocycles. The number of hydrogen-bond acceptors (Lipinski definition) is 4. The molecule has 2 radical (unpaired) electrons. The van der Waals surface area contributed by atoms with Crippen LogP contribution in [0, 0.1) is 12.1 Å². The molecule has 4 heteroatoms. The second kappa shape index (κ2) is 12.9. The Balaban J connectivity index is 1.47. The Hall–Kier alpha value is -5.48. The summed E-state index contributed by atoms with van der Waals surface area (Å²) in [5.74, 6) is 3.03. The second-order valence-corrected chi connectivity index (χ2v) is 11.9. The number of nitrogen functional groups attached to an aromatic ring is 2. The Morgan fingerprint density at radius 3 is 1.30 bits per heavy atom. The Morgan fingerprint density at radius 1 is 0.478 bits per heavy atom. The molecule has 1 aliphatic carbocycles. The first-order valence-corrected chi connectivity index (χ1v) is 15.9. The third-order valence-corrected chi connectivity index (χ3v) is 8.92. The number of anilines is 2. The zero-order valence-electron chi connectivity index (χ0n) is 25.7. The lowest BCUT2D eigenvalue weighted by molar-refractivity contribution is 0.344. The maximum absolute atomic E-state index is 6.64. The van der Waals surface area contributed by atoms with Gasteiger partial charge in [-0.2, -0.15) is 0 Å². The number of ether oxygens (including phenoxy) is 2. The van der Waals surface area contributed by atoms with Crippen molar-refractivity contribution in [3.8, 4) is 45.3 Å². The molecule has 226 valence electrons. The van der Waals surface area contributed by atoms with Gasteiger partial charge in [0.05, 0.1) is 0 Å². The van der Waals surface area contributed by atoms with Crippen molar-refractivity contribution in [3.05, 3.63) is 157 Å². The highest BCUT2D eigenvalue weighted by atomic mass is 16.5.